The van der Waals surface area contributed by atoms with Crippen molar-refractivity contribution in [1.29, 1.82) is 0 Å². The Labute approximate surface area is 181 Å². The van der Waals surface area contributed by atoms with Gasteiger partial charge >= 0.3 is 5.97 Å². The van der Waals surface area contributed by atoms with E-state index in [0.29, 0.717) is 12.4 Å². The van der Waals surface area contributed by atoms with Crippen LogP contribution < -0.4 is 14.8 Å². The summed E-state index contributed by atoms with van der Waals surface area (Å²) in [5.41, 5.74) is 2.08. The molecule has 0 aliphatic heterocycles. The summed E-state index contributed by atoms with van der Waals surface area (Å²) in [5.74, 6) is 0.131. The van der Waals surface area contributed by atoms with Gasteiger partial charge in [-0.1, -0.05) is 54.6 Å². The van der Waals surface area contributed by atoms with Gasteiger partial charge in [-0.3, -0.25) is 4.79 Å². The molecule has 160 valence electrons. The van der Waals surface area contributed by atoms with Gasteiger partial charge in [0.15, 0.2) is 6.61 Å². The molecular weight excluding hydrogens is 394 g/mol. The van der Waals surface area contributed by atoms with Crippen molar-refractivity contribution in [2.45, 2.75) is 13.0 Å². The predicted molar refractivity (Wildman–Crippen MR) is 117 cm³/mol. The maximum atomic E-state index is 12.6. The second-order valence-corrected chi connectivity index (χ2v) is 6.69. The number of benzene rings is 3. The largest absolute Gasteiger partial charge is 0.497 e. The molecule has 3 aromatic rings. The molecule has 31 heavy (non-hydrogen) atoms. The van der Waals surface area contributed by atoms with Crippen molar-refractivity contribution >= 4 is 11.9 Å². The molecule has 0 heterocycles. The van der Waals surface area contributed by atoms with Gasteiger partial charge in [-0.2, -0.15) is 0 Å². The highest BCUT2D eigenvalue weighted by Gasteiger charge is 2.19. The maximum Gasteiger partial charge on any atom is 0.342 e. The van der Waals surface area contributed by atoms with Crippen molar-refractivity contribution in [3.63, 3.8) is 0 Å². The molecule has 0 fully saturated rings. The quantitative estimate of drug-likeness (QED) is 0.527. The van der Waals surface area contributed by atoms with Crippen LogP contribution in [-0.4, -0.2) is 32.2 Å². The molecule has 3 rings (SSSR count). The summed E-state index contributed by atoms with van der Waals surface area (Å²) < 4.78 is 15.9. The molecule has 6 heteroatoms. The zero-order valence-corrected chi connectivity index (χ0v) is 17.5. The van der Waals surface area contributed by atoms with E-state index in [1.165, 1.54) is 0 Å². The smallest absolute Gasteiger partial charge is 0.342 e. The van der Waals surface area contributed by atoms with E-state index in [2.05, 4.69) is 5.32 Å². The number of para-hydroxylation sites is 1. The molecule has 1 amide bonds. The van der Waals surface area contributed by atoms with Crippen LogP contribution in [0.15, 0.2) is 78.9 Å². The van der Waals surface area contributed by atoms with E-state index < -0.39 is 24.5 Å². The highest BCUT2D eigenvalue weighted by atomic mass is 16.5. The van der Waals surface area contributed by atoms with Crippen molar-refractivity contribution in [3.05, 3.63) is 95.6 Å². The van der Waals surface area contributed by atoms with Crippen molar-refractivity contribution in [1.82, 2.24) is 5.32 Å². The number of carbonyl (C=O) groups is 2. The fraction of sp³-hybridized carbons (Fsp3) is 0.200. The average Bonchev–Trinajstić information content (AvgIpc) is 2.82. The molecule has 0 unspecified atom stereocenters. The van der Waals surface area contributed by atoms with Crippen molar-refractivity contribution in [3.8, 4) is 11.5 Å². The molecule has 0 saturated carbocycles. The van der Waals surface area contributed by atoms with Gasteiger partial charge in [0.1, 0.15) is 17.1 Å². The predicted octanol–water partition coefficient (Wildman–Crippen LogP) is 4.16. The monoisotopic (exact) mass is 419 g/mol. The minimum atomic E-state index is -0.611. The molecule has 1 N–H and O–H groups in total. The lowest BCUT2D eigenvalue weighted by atomic mass is 9.98. The van der Waals surface area contributed by atoms with Gasteiger partial charge in [0.05, 0.1) is 19.8 Å². The minimum Gasteiger partial charge on any atom is -0.497 e. The second kappa shape index (κ2) is 10.8. The Hall–Kier alpha value is -3.80. The second-order valence-electron chi connectivity index (χ2n) is 6.69. The SMILES string of the molecule is CCOc1ccccc1C(=O)OCC(=O)N[C@@H](c1ccccc1)c1ccc(OC)cc1. The first kappa shape index (κ1) is 21.9. The lowest BCUT2D eigenvalue weighted by Crippen LogP contribution is -2.33. The van der Waals surface area contributed by atoms with E-state index >= 15 is 0 Å². The number of methoxy groups -OCH3 is 1. The van der Waals surface area contributed by atoms with E-state index in [1.807, 2.05) is 61.5 Å². The molecule has 0 spiro atoms. The van der Waals surface area contributed by atoms with E-state index in [0.717, 1.165) is 16.9 Å². The van der Waals surface area contributed by atoms with Crippen LogP contribution >= 0.6 is 0 Å². The molecule has 3 aromatic carbocycles. The van der Waals surface area contributed by atoms with E-state index in [9.17, 15) is 9.59 Å². The van der Waals surface area contributed by atoms with E-state index in [1.54, 1.807) is 31.4 Å². The first-order valence-corrected chi connectivity index (χ1v) is 9.99. The number of hydrogen-bond donors (Lipinski definition) is 1. The van der Waals surface area contributed by atoms with Crippen LogP contribution in [0.5, 0.6) is 11.5 Å². The van der Waals surface area contributed by atoms with Gasteiger partial charge in [-0.25, -0.2) is 4.79 Å². The van der Waals surface area contributed by atoms with E-state index in [4.69, 9.17) is 14.2 Å². The summed E-state index contributed by atoms with van der Waals surface area (Å²) in [5, 5.41) is 2.95. The standard InChI is InChI=1S/C25H25NO5/c1-3-30-22-12-8-7-11-21(22)25(28)31-17-23(27)26-24(18-9-5-4-6-10-18)19-13-15-20(29-2)16-14-19/h4-16,24H,3,17H2,1-2H3,(H,26,27)/t24-/m0/s1. The molecule has 0 saturated heterocycles. The lowest BCUT2D eigenvalue weighted by Gasteiger charge is -2.20. The molecule has 0 aromatic heterocycles. The first-order valence-electron chi connectivity index (χ1n) is 9.99. The first-order chi connectivity index (χ1) is 15.1. The molecule has 0 radical (unpaired) electrons. The molecule has 0 aliphatic carbocycles. The lowest BCUT2D eigenvalue weighted by molar-refractivity contribution is -0.124. The molecule has 6 nitrogen and oxygen atoms in total. The summed E-state index contributed by atoms with van der Waals surface area (Å²) in [6.07, 6.45) is 0. The van der Waals surface area contributed by atoms with Gasteiger partial charge in [-0.05, 0) is 42.3 Å². The average molecular weight is 419 g/mol. The Balaban J connectivity index is 1.70. The third-order valence-electron chi connectivity index (χ3n) is 4.63. The molecule has 1 atom stereocenters. The zero-order chi connectivity index (χ0) is 22.1. The number of amides is 1. The molecular formula is C25H25NO5. The van der Waals surface area contributed by atoms with Gasteiger partial charge in [0.2, 0.25) is 0 Å². The zero-order valence-electron chi connectivity index (χ0n) is 17.5. The number of ether oxygens (including phenoxy) is 3. The van der Waals surface area contributed by atoms with Crippen LogP contribution in [0.3, 0.4) is 0 Å². The van der Waals surface area contributed by atoms with Crippen molar-refractivity contribution in [2.24, 2.45) is 0 Å². The van der Waals surface area contributed by atoms with Crippen LogP contribution in [0.4, 0.5) is 0 Å². The topological polar surface area (TPSA) is 73.9 Å². The van der Waals surface area contributed by atoms with Crippen molar-refractivity contribution < 1.29 is 23.8 Å². The van der Waals surface area contributed by atoms with E-state index in [-0.39, 0.29) is 5.56 Å². The van der Waals surface area contributed by atoms with Gasteiger partial charge in [-0.15, -0.1) is 0 Å². The number of carbonyl (C=O) groups excluding carboxylic acids is 2. The number of hydrogen-bond acceptors (Lipinski definition) is 5. The highest BCUT2D eigenvalue weighted by Crippen LogP contribution is 2.24. The van der Waals surface area contributed by atoms with Gasteiger partial charge < -0.3 is 19.5 Å². The van der Waals surface area contributed by atoms with Gasteiger partial charge in [0.25, 0.3) is 5.91 Å². The number of esters is 1. The fourth-order valence-corrected chi connectivity index (χ4v) is 3.13. The van der Waals surface area contributed by atoms with Crippen LogP contribution in [0.25, 0.3) is 0 Å². The third kappa shape index (κ3) is 5.85. The van der Waals surface area contributed by atoms with Crippen LogP contribution in [-0.2, 0) is 9.53 Å². The highest BCUT2D eigenvalue weighted by molar-refractivity contribution is 5.94. The Morgan fingerprint density at radius 2 is 1.52 bits per heavy atom. The summed E-state index contributed by atoms with van der Waals surface area (Å²) >= 11 is 0. The maximum absolute atomic E-state index is 12.6. The van der Waals surface area contributed by atoms with Crippen molar-refractivity contribution in [2.75, 3.05) is 20.3 Å². The molecule has 0 aliphatic rings. The summed E-state index contributed by atoms with van der Waals surface area (Å²) in [6.45, 7) is 1.85. The Kier molecular flexibility index (Phi) is 7.65. The van der Waals surface area contributed by atoms with Crippen LogP contribution in [0, 0.1) is 0 Å². The van der Waals surface area contributed by atoms with Crippen LogP contribution in [0.2, 0.25) is 0 Å². The number of nitrogens with one attached hydrogen (secondary N) is 1. The summed E-state index contributed by atoms with van der Waals surface area (Å²) in [4.78, 5) is 25.1. The Morgan fingerprint density at radius 1 is 0.871 bits per heavy atom. The van der Waals surface area contributed by atoms with Gasteiger partial charge in [0, 0.05) is 0 Å². The van der Waals surface area contributed by atoms with Crippen LogP contribution in [0.1, 0.15) is 34.5 Å². The third-order valence-corrected chi connectivity index (χ3v) is 4.63. The minimum absolute atomic E-state index is 0.284. The summed E-state index contributed by atoms with van der Waals surface area (Å²) in [6, 6.07) is 23.4. The fourth-order valence-electron chi connectivity index (χ4n) is 3.13. The Bertz CT molecular complexity index is 1000. The molecule has 0 bridgehead atoms. The Morgan fingerprint density at radius 3 is 2.19 bits per heavy atom. The normalized spacial score (nSPS) is 11.3. The number of rotatable bonds is 9. The summed E-state index contributed by atoms with van der Waals surface area (Å²) in [7, 11) is 1.60.